The number of anilines is 2. The van der Waals surface area contributed by atoms with Gasteiger partial charge in [0.25, 0.3) is 0 Å². The molecule has 6 heterocycles. The number of ether oxygens (including phenoxy) is 2. The molecule has 0 bridgehead atoms. The second kappa shape index (κ2) is 15.4. The van der Waals surface area contributed by atoms with Gasteiger partial charge in [-0.05, 0) is 0 Å². The van der Waals surface area contributed by atoms with Crippen molar-refractivity contribution in [2.24, 2.45) is 0 Å². The van der Waals surface area contributed by atoms with E-state index in [0.717, 1.165) is 0 Å². The summed E-state index contributed by atoms with van der Waals surface area (Å²) in [7, 11) is -5.53. The van der Waals surface area contributed by atoms with Crippen molar-refractivity contribution < 1.29 is 47.4 Å². The summed E-state index contributed by atoms with van der Waals surface area (Å²) in [6.07, 6.45) is -0.590. The second-order valence-corrected chi connectivity index (χ2v) is 14.2. The number of hydrogen-bond acceptors (Lipinski definition) is 17. The third kappa shape index (κ3) is 7.10. The standard InChI is InChI=1S/C24H31FN10O9P2S2/c25-13-17(43-45(39)47)12(6-37)42-23(13)34-9-32-14-19(28-7-30-21(14)34)26-3-1-2-4-27-20-15-22(31-8-29-20)35(10-33-15)24-18(44-46(40)48)16(38)11(5-36)41-24/h1-2,7-13,16-18,23-24,36-38,45-46H,3-6H2,(H,39,47)(H,40,48)(H,26,28,30)(H,27,29,31)/b2-1+/t11-,12-,13-,16-,17-,18?,23-,24-/m1/s1. The van der Waals surface area contributed by atoms with Crippen molar-refractivity contribution in [2.45, 2.75) is 49.1 Å². The van der Waals surface area contributed by atoms with Gasteiger partial charge >= 0.3 is 0 Å². The van der Waals surface area contributed by atoms with Gasteiger partial charge in [0.05, 0.1) is 25.9 Å². The number of nitrogens with one attached hydrogen (secondary N) is 2. The number of fused-ring (bicyclic) bond motifs is 2. The minimum Gasteiger partial charge on any atom is -0.394 e. The fourth-order valence-electron chi connectivity index (χ4n) is 5.47. The maximum absolute atomic E-state index is 15.2. The summed E-state index contributed by atoms with van der Waals surface area (Å²) in [4.78, 5) is 25.7. The molecule has 260 valence electrons. The van der Waals surface area contributed by atoms with Gasteiger partial charge in [-0.1, -0.05) is 36.6 Å². The van der Waals surface area contributed by atoms with Crippen LogP contribution in [0.2, 0.25) is 0 Å². The Hall–Kier alpha value is -2.75. The van der Waals surface area contributed by atoms with Crippen molar-refractivity contribution in [3.63, 3.8) is 0 Å². The zero-order valence-electron chi connectivity index (χ0n) is 24.6. The molecule has 48 heavy (non-hydrogen) atoms. The maximum atomic E-state index is 15.2. The quantitative estimate of drug-likeness (QED) is 0.0539. The first-order valence-corrected chi connectivity index (χ1v) is 19.5. The normalized spacial score (nSPS) is 28.9. The van der Waals surface area contributed by atoms with E-state index in [2.05, 4.69) is 65.0 Å². The van der Waals surface area contributed by atoms with Crippen LogP contribution in [0.15, 0.2) is 37.5 Å². The molecule has 0 spiro atoms. The van der Waals surface area contributed by atoms with Gasteiger partial charge in [0.15, 0.2) is 52.6 Å². The molecule has 19 nitrogen and oxygen atoms in total. The lowest BCUT2D eigenvalue weighted by atomic mass is 10.1. The molecule has 6 rings (SSSR count). The van der Waals surface area contributed by atoms with E-state index >= 15 is 4.39 Å². The summed E-state index contributed by atoms with van der Waals surface area (Å²) in [5, 5.41) is 36.0. The summed E-state index contributed by atoms with van der Waals surface area (Å²) < 4.78 is 63.1. The highest BCUT2D eigenvalue weighted by Gasteiger charge is 2.48. The number of hydrogen-bond donors (Lipinski definition) is 7. The summed E-state index contributed by atoms with van der Waals surface area (Å²) in [6.45, 7) is -0.347. The monoisotopic (exact) mass is 748 g/mol. The first-order valence-electron chi connectivity index (χ1n) is 14.3. The van der Waals surface area contributed by atoms with Crippen LogP contribution in [0, 0.1) is 0 Å². The van der Waals surface area contributed by atoms with Crippen molar-refractivity contribution in [1.29, 1.82) is 0 Å². The van der Waals surface area contributed by atoms with Crippen LogP contribution in [0.5, 0.6) is 0 Å². The lowest BCUT2D eigenvalue weighted by molar-refractivity contribution is -0.0481. The fraction of sp³-hybridized carbons (Fsp3) is 0.500. The minimum atomic E-state index is -2.79. The Morgan fingerprint density at radius 1 is 0.812 bits per heavy atom. The second-order valence-electron chi connectivity index (χ2n) is 10.5. The SMILES string of the molecule is O=[PH](S)OC1[C@H](n2cnc3c(NC/C=C/CNc4ncnc5c4ncn5[C@@H]4O[C@H](CO)[C@@H](O[PH](=O)S)[C@H]4F)ncnc32)O[C@H](CO)[C@H]1O. The molecule has 2 saturated heterocycles. The molecule has 0 radical (unpaired) electrons. The van der Waals surface area contributed by atoms with Crippen LogP contribution in [0.4, 0.5) is 16.0 Å². The Balaban J connectivity index is 1.08. The highest BCUT2D eigenvalue weighted by molar-refractivity contribution is 8.39. The van der Waals surface area contributed by atoms with E-state index in [-0.39, 0.29) is 5.65 Å². The molecule has 0 saturated carbocycles. The molecule has 0 aromatic carbocycles. The van der Waals surface area contributed by atoms with Gasteiger partial charge in [-0.25, -0.2) is 34.3 Å². The Bertz CT molecular complexity index is 1820. The lowest BCUT2D eigenvalue weighted by Gasteiger charge is -2.20. The van der Waals surface area contributed by atoms with E-state index in [9.17, 15) is 24.4 Å². The number of nitrogens with zero attached hydrogens (tertiary/aromatic N) is 8. The van der Waals surface area contributed by atoms with Crippen LogP contribution in [-0.4, -0.2) is 117 Å². The van der Waals surface area contributed by atoms with E-state index < -0.39 is 76.8 Å². The van der Waals surface area contributed by atoms with Gasteiger partial charge in [-0.2, -0.15) is 0 Å². The fourth-order valence-corrected chi connectivity index (χ4v) is 7.21. The molecule has 4 aromatic rings. The molecule has 10 atom stereocenters. The first-order chi connectivity index (χ1) is 23.2. The molecule has 3 unspecified atom stereocenters. The summed E-state index contributed by atoms with van der Waals surface area (Å²) >= 11 is 7.53. The van der Waals surface area contributed by atoms with E-state index in [0.29, 0.717) is 41.4 Å². The molecule has 24 heteroatoms. The highest BCUT2D eigenvalue weighted by Crippen LogP contribution is 2.42. The Labute approximate surface area is 282 Å². The Kier molecular flexibility index (Phi) is 11.3. The van der Waals surface area contributed by atoms with E-state index in [4.69, 9.17) is 18.5 Å². The average molecular weight is 749 g/mol. The number of rotatable bonds is 14. The number of halogens is 1. The Morgan fingerprint density at radius 2 is 1.31 bits per heavy atom. The molecule has 2 aliphatic rings. The number of aliphatic hydroxyl groups is 3. The molecule has 0 amide bonds. The van der Waals surface area contributed by atoms with Crippen LogP contribution in [0.3, 0.4) is 0 Å². The van der Waals surface area contributed by atoms with Gasteiger partial charge < -0.3 is 44.5 Å². The van der Waals surface area contributed by atoms with Crippen molar-refractivity contribution in [1.82, 2.24) is 39.0 Å². The number of imidazole rings is 2. The predicted octanol–water partition coefficient (Wildman–Crippen LogP) is 0.934. The highest BCUT2D eigenvalue weighted by atomic mass is 32.7. The Morgan fingerprint density at radius 3 is 1.83 bits per heavy atom. The molecule has 0 aliphatic carbocycles. The molecule has 2 fully saturated rings. The number of alkyl halides is 1. The van der Waals surface area contributed by atoms with Gasteiger partial charge in [-0.3, -0.25) is 18.3 Å². The number of thiol groups is 2. The van der Waals surface area contributed by atoms with E-state index in [1.807, 2.05) is 12.2 Å². The lowest BCUT2D eigenvalue weighted by Crippen LogP contribution is -2.34. The average Bonchev–Trinajstić information content (AvgIpc) is 3.83. The van der Waals surface area contributed by atoms with Crippen molar-refractivity contribution in [2.75, 3.05) is 36.9 Å². The van der Waals surface area contributed by atoms with Crippen LogP contribution >= 0.6 is 39.0 Å². The summed E-state index contributed by atoms with van der Waals surface area (Å²) in [6, 6.07) is 0. The predicted molar refractivity (Wildman–Crippen MR) is 175 cm³/mol. The third-order valence-corrected chi connectivity index (χ3v) is 9.20. The third-order valence-electron chi connectivity index (χ3n) is 7.62. The number of aromatic nitrogens is 8. The molecule has 2 aliphatic heterocycles. The minimum absolute atomic E-state index is 0.274. The van der Waals surface area contributed by atoms with Crippen LogP contribution in [0.1, 0.15) is 12.5 Å². The molecular formula is C24H31FN10O9P2S2. The van der Waals surface area contributed by atoms with E-state index in [1.54, 1.807) is 0 Å². The zero-order chi connectivity index (χ0) is 33.9. The largest absolute Gasteiger partial charge is 0.394 e. The van der Waals surface area contributed by atoms with Crippen LogP contribution in [0.25, 0.3) is 22.3 Å². The molecule has 4 aromatic heterocycles. The summed E-state index contributed by atoms with van der Waals surface area (Å²) in [5.74, 6) is 0.794. The molecular weight excluding hydrogens is 717 g/mol. The maximum Gasteiger partial charge on any atom is 0.243 e. The van der Waals surface area contributed by atoms with Gasteiger partial charge in [0.1, 0.15) is 43.2 Å². The van der Waals surface area contributed by atoms with Gasteiger partial charge in [-0.15, -0.1) is 0 Å². The topological polar surface area (TPSA) is 243 Å². The van der Waals surface area contributed by atoms with Crippen molar-refractivity contribution in [3.05, 3.63) is 37.5 Å². The zero-order valence-corrected chi connectivity index (χ0v) is 28.3. The van der Waals surface area contributed by atoms with Crippen LogP contribution in [-0.2, 0) is 27.7 Å². The number of aliphatic hydroxyl groups excluding tert-OH is 3. The van der Waals surface area contributed by atoms with Gasteiger partial charge in [0.2, 0.25) is 14.5 Å². The van der Waals surface area contributed by atoms with Crippen LogP contribution < -0.4 is 10.6 Å². The molecule has 5 N–H and O–H groups in total. The van der Waals surface area contributed by atoms with Crippen molar-refractivity contribution >= 4 is 72.9 Å². The smallest absolute Gasteiger partial charge is 0.243 e. The van der Waals surface area contributed by atoms with E-state index in [1.165, 1.54) is 34.4 Å². The van der Waals surface area contributed by atoms with Gasteiger partial charge in [0, 0.05) is 13.1 Å². The first kappa shape index (κ1) is 35.1. The van der Waals surface area contributed by atoms with Crippen molar-refractivity contribution in [3.8, 4) is 0 Å². The summed E-state index contributed by atoms with van der Waals surface area (Å²) in [5.41, 5.74) is 1.38.